The van der Waals surface area contributed by atoms with Gasteiger partial charge in [-0.25, -0.2) is 9.97 Å². The zero-order valence-corrected chi connectivity index (χ0v) is 10.4. The first-order chi connectivity index (χ1) is 8.29. The van der Waals surface area contributed by atoms with E-state index in [1.807, 2.05) is 6.92 Å². The lowest BCUT2D eigenvalue weighted by Gasteiger charge is -2.14. The van der Waals surface area contributed by atoms with Gasteiger partial charge in [-0.3, -0.25) is 4.90 Å². The first-order valence-corrected chi connectivity index (χ1v) is 6.17. The summed E-state index contributed by atoms with van der Waals surface area (Å²) in [6.45, 7) is 6.39. The predicted molar refractivity (Wildman–Crippen MR) is 65.8 cm³/mol. The minimum absolute atomic E-state index is 0.457. The molecule has 94 valence electrons. The Bertz CT molecular complexity index is 364. The van der Waals surface area contributed by atoms with Crippen LogP contribution in [0.25, 0.3) is 0 Å². The summed E-state index contributed by atoms with van der Waals surface area (Å²) in [6.07, 6.45) is 4.36. The van der Waals surface area contributed by atoms with E-state index in [1.165, 1.54) is 25.9 Å². The molecule has 1 aromatic rings. The summed E-state index contributed by atoms with van der Waals surface area (Å²) >= 11 is 0. The van der Waals surface area contributed by atoms with Crippen LogP contribution in [0.1, 0.15) is 24.1 Å². The van der Waals surface area contributed by atoms with Gasteiger partial charge in [0.1, 0.15) is 6.61 Å². The van der Waals surface area contributed by atoms with Crippen LogP contribution in [0.5, 0.6) is 6.01 Å². The highest BCUT2D eigenvalue weighted by Crippen LogP contribution is 2.09. The van der Waals surface area contributed by atoms with Crippen molar-refractivity contribution in [1.29, 1.82) is 0 Å². The molecule has 1 aliphatic heterocycles. The second-order valence-corrected chi connectivity index (χ2v) is 4.36. The minimum Gasteiger partial charge on any atom is -0.462 e. The molecule has 0 unspecified atom stereocenters. The molecule has 0 atom stereocenters. The molecule has 2 heterocycles. The summed E-state index contributed by atoms with van der Waals surface area (Å²) < 4.78 is 5.54. The van der Waals surface area contributed by atoms with Crippen molar-refractivity contribution < 1.29 is 4.74 Å². The number of hydrogen-bond donors (Lipinski definition) is 1. The Morgan fingerprint density at radius 1 is 1.41 bits per heavy atom. The van der Waals surface area contributed by atoms with Crippen molar-refractivity contribution >= 4 is 0 Å². The van der Waals surface area contributed by atoms with E-state index in [2.05, 4.69) is 14.9 Å². The smallest absolute Gasteiger partial charge is 0.316 e. The normalized spacial score (nSPS) is 16.4. The van der Waals surface area contributed by atoms with Gasteiger partial charge >= 0.3 is 6.01 Å². The van der Waals surface area contributed by atoms with Crippen LogP contribution < -0.4 is 10.5 Å². The van der Waals surface area contributed by atoms with Gasteiger partial charge in [0.25, 0.3) is 0 Å². The van der Waals surface area contributed by atoms with E-state index < -0.39 is 0 Å². The Labute approximate surface area is 102 Å². The number of likely N-dealkylation sites (tertiary alicyclic amines) is 1. The van der Waals surface area contributed by atoms with E-state index in [9.17, 15) is 0 Å². The number of aromatic nitrogens is 2. The molecule has 1 aromatic heterocycles. The first kappa shape index (κ1) is 12.3. The summed E-state index contributed by atoms with van der Waals surface area (Å²) in [5, 5.41) is 0. The maximum absolute atomic E-state index is 5.56. The molecule has 2 N–H and O–H groups in total. The van der Waals surface area contributed by atoms with Crippen molar-refractivity contribution in [2.45, 2.75) is 26.3 Å². The standard InChI is InChI=1S/C12H20N4O/c1-10-11(8-13)9-14-12(15-10)17-7-6-16-4-2-3-5-16/h9H,2-8,13H2,1H3. The maximum atomic E-state index is 5.56. The molecule has 1 saturated heterocycles. The van der Waals surface area contributed by atoms with Gasteiger partial charge in [-0.2, -0.15) is 0 Å². The molecule has 0 bridgehead atoms. The molecule has 0 radical (unpaired) electrons. The Morgan fingerprint density at radius 3 is 2.82 bits per heavy atom. The summed E-state index contributed by atoms with van der Waals surface area (Å²) in [4.78, 5) is 10.8. The van der Waals surface area contributed by atoms with Crippen molar-refractivity contribution in [3.63, 3.8) is 0 Å². The van der Waals surface area contributed by atoms with Gasteiger partial charge in [0.05, 0.1) is 0 Å². The third kappa shape index (κ3) is 3.38. The molecule has 1 fully saturated rings. The van der Waals surface area contributed by atoms with Crippen LogP contribution in [-0.2, 0) is 6.54 Å². The lowest BCUT2D eigenvalue weighted by molar-refractivity contribution is 0.225. The van der Waals surface area contributed by atoms with Gasteiger partial charge < -0.3 is 10.5 Å². The summed E-state index contributed by atoms with van der Waals surface area (Å²) in [6, 6.07) is 0.457. The highest BCUT2D eigenvalue weighted by Gasteiger charge is 2.11. The van der Waals surface area contributed by atoms with Crippen LogP contribution in [0.3, 0.4) is 0 Å². The van der Waals surface area contributed by atoms with Crippen molar-refractivity contribution in [2.75, 3.05) is 26.2 Å². The van der Waals surface area contributed by atoms with Crippen LogP contribution in [0.15, 0.2) is 6.20 Å². The zero-order chi connectivity index (χ0) is 12.1. The quantitative estimate of drug-likeness (QED) is 0.816. The third-order valence-corrected chi connectivity index (χ3v) is 3.12. The second kappa shape index (κ2) is 5.93. The SMILES string of the molecule is Cc1nc(OCCN2CCCC2)ncc1CN. The molecular weight excluding hydrogens is 216 g/mol. The van der Waals surface area contributed by atoms with Gasteiger partial charge in [-0.05, 0) is 32.9 Å². The Balaban J connectivity index is 1.80. The number of aryl methyl sites for hydroxylation is 1. The van der Waals surface area contributed by atoms with Gasteiger partial charge in [-0.15, -0.1) is 0 Å². The van der Waals surface area contributed by atoms with Crippen LogP contribution in [0.2, 0.25) is 0 Å². The molecule has 5 heteroatoms. The summed E-state index contributed by atoms with van der Waals surface area (Å²) in [5.41, 5.74) is 7.43. The molecule has 0 spiro atoms. The molecule has 5 nitrogen and oxygen atoms in total. The predicted octanol–water partition coefficient (Wildman–Crippen LogP) is 0.718. The topological polar surface area (TPSA) is 64.3 Å². The van der Waals surface area contributed by atoms with E-state index in [1.54, 1.807) is 6.20 Å². The first-order valence-electron chi connectivity index (χ1n) is 6.17. The van der Waals surface area contributed by atoms with Gasteiger partial charge in [0.15, 0.2) is 0 Å². The Kier molecular flexibility index (Phi) is 4.28. The van der Waals surface area contributed by atoms with E-state index in [0.29, 0.717) is 19.2 Å². The van der Waals surface area contributed by atoms with E-state index in [-0.39, 0.29) is 0 Å². The number of nitrogens with two attached hydrogens (primary N) is 1. The lowest BCUT2D eigenvalue weighted by atomic mass is 10.2. The molecule has 2 rings (SSSR count). The molecule has 1 aliphatic rings. The number of hydrogen-bond acceptors (Lipinski definition) is 5. The fraction of sp³-hybridized carbons (Fsp3) is 0.667. The largest absolute Gasteiger partial charge is 0.462 e. The number of rotatable bonds is 5. The average Bonchev–Trinajstić information content (AvgIpc) is 2.82. The third-order valence-electron chi connectivity index (χ3n) is 3.12. The number of ether oxygens (including phenoxy) is 1. The van der Waals surface area contributed by atoms with Gasteiger partial charge in [0.2, 0.25) is 0 Å². The van der Waals surface area contributed by atoms with E-state index in [4.69, 9.17) is 10.5 Å². The van der Waals surface area contributed by atoms with Crippen LogP contribution in [0.4, 0.5) is 0 Å². The highest BCUT2D eigenvalue weighted by atomic mass is 16.5. The lowest BCUT2D eigenvalue weighted by Crippen LogP contribution is -2.25. The monoisotopic (exact) mass is 236 g/mol. The molecular formula is C12H20N4O. The molecule has 0 amide bonds. The molecule has 17 heavy (non-hydrogen) atoms. The molecule has 0 aromatic carbocycles. The zero-order valence-electron chi connectivity index (χ0n) is 10.4. The fourth-order valence-electron chi connectivity index (χ4n) is 2.01. The Hall–Kier alpha value is -1.20. The summed E-state index contributed by atoms with van der Waals surface area (Å²) in [5.74, 6) is 0. The Morgan fingerprint density at radius 2 is 2.18 bits per heavy atom. The van der Waals surface area contributed by atoms with Crippen LogP contribution in [0, 0.1) is 6.92 Å². The fourth-order valence-corrected chi connectivity index (χ4v) is 2.01. The van der Waals surface area contributed by atoms with Gasteiger partial charge in [-0.1, -0.05) is 0 Å². The second-order valence-electron chi connectivity index (χ2n) is 4.36. The van der Waals surface area contributed by atoms with E-state index in [0.717, 1.165) is 17.8 Å². The molecule has 0 aliphatic carbocycles. The maximum Gasteiger partial charge on any atom is 0.316 e. The average molecular weight is 236 g/mol. The van der Waals surface area contributed by atoms with Crippen molar-refractivity contribution in [3.05, 3.63) is 17.5 Å². The highest BCUT2D eigenvalue weighted by molar-refractivity contribution is 5.17. The summed E-state index contributed by atoms with van der Waals surface area (Å²) in [7, 11) is 0. The minimum atomic E-state index is 0.457. The van der Waals surface area contributed by atoms with Crippen molar-refractivity contribution in [2.24, 2.45) is 5.73 Å². The number of nitrogens with zero attached hydrogens (tertiary/aromatic N) is 3. The van der Waals surface area contributed by atoms with Crippen molar-refractivity contribution in [1.82, 2.24) is 14.9 Å². The molecule has 0 saturated carbocycles. The van der Waals surface area contributed by atoms with Gasteiger partial charge in [0, 0.05) is 30.5 Å². The van der Waals surface area contributed by atoms with Crippen LogP contribution >= 0.6 is 0 Å². The van der Waals surface area contributed by atoms with Crippen LogP contribution in [-0.4, -0.2) is 41.1 Å². The van der Waals surface area contributed by atoms with Crippen molar-refractivity contribution in [3.8, 4) is 6.01 Å². The van der Waals surface area contributed by atoms with E-state index >= 15 is 0 Å².